The lowest BCUT2D eigenvalue weighted by molar-refractivity contribution is 1.60. The summed E-state index contributed by atoms with van der Waals surface area (Å²) in [6.45, 7) is 0. The third-order valence-corrected chi connectivity index (χ3v) is 2.22. The molecule has 2 aromatic rings. The summed E-state index contributed by atoms with van der Waals surface area (Å²) in [4.78, 5) is 0. The third-order valence-electron chi connectivity index (χ3n) is 1.98. The molecule has 2 rings (SSSR count). The van der Waals surface area contributed by atoms with Crippen LogP contribution in [0, 0.1) is 6.07 Å². The van der Waals surface area contributed by atoms with Crippen LogP contribution in [0.2, 0.25) is 5.02 Å². The largest absolute Gasteiger partial charge is 0.398 e. The van der Waals surface area contributed by atoms with Crippen LogP contribution in [0.5, 0.6) is 0 Å². The third kappa shape index (κ3) is 1.88. The fraction of sp³-hybridized carbons (Fsp3) is 0. The molecule has 0 saturated heterocycles. The van der Waals surface area contributed by atoms with E-state index >= 15 is 0 Å². The summed E-state index contributed by atoms with van der Waals surface area (Å²) in [5, 5.41) is 0.730. The van der Waals surface area contributed by atoms with Gasteiger partial charge in [-0.1, -0.05) is 35.9 Å². The molecule has 0 aliphatic rings. The summed E-state index contributed by atoms with van der Waals surface area (Å²) in [6, 6.07) is 16.2. The molecule has 1 radical (unpaired) electrons. The Morgan fingerprint density at radius 3 is 2.57 bits per heavy atom. The maximum atomic E-state index is 5.90. The first-order valence-corrected chi connectivity index (χ1v) is 4.67. The van der Waals surface area contributed by atoms with Gasteiger partial charge in [-0.15, -0.1) is 0 Å². The number of benzene rings is 2. The molecule has 2 heteroatoms. The van der Waals surface area contributed by atoms with Crippen LogP contribution in [0.1, 0.15) is 0 Å². The summed E-state index contributed by atoms with van der Waals surface area (Å²) in [6.07, 6.45) is 0. The van der Waals surface area contributed by atoms with Crippen LogP contribution in [0.4, 0.5) is 5.69 Å². The summed E-state index contributed by atoms with van der Waals surface area (Å²) < 4.78 is 0. The Hall–Kier alpha value is -1.47. The molecule has 0 aliphatic carbocycles. The van der Waals surface area contributed by atoms with Crippen molar-refractivity contribution in [3.05, 3.63) is 53.6 Å². The molecule has 0 unspecified atom stereocenters. The Morgan fingerprint density at radius 2 is 1.86 bits per heavy atom. The zero-order valence-corrected chi connectivity index (χ0v) is 8.25. The van der Waals surface area contributed by atoms with Gasteiger partial charge in [-0.3, -0.25) is 0 Å². The van der Waals surface area contributed by atoms with Crippen molar-refractivity contribution in [1.82, 2.24) is 0 Å². The van der Waals surface area contributed by atoms with Crippen LogP contribution < -0.4 is 5.73 Å². The molecule has 2 N–H and O–H groups in total. The van der Waals surface area contributed by atoms with Gasteiger partial charge in [0.2, 0.25) is 0 Å². The van der Waals surface area contributed by atoms with Gasteiger partial charge in [0.1, 0.15) is 0 Å². The van der Waals surface area contributed by atoms with Gasteiger partial charge in [-0.25, -0.2) is 0 Å². The highest BCUT2D eigenvalue weighted by molar-refractivity contribution is 6.30. The van der Waals surface area contributed by atoms with Gasteiger partial charge < -0.3 is 5.73 Å². The predicted octanol–water partition coefficient (Wildman–Crippen LogP) is 3.39. The Bertz CT molecular complexity index is 408. The molecule has 0 amide bonds. The smallest absolute Gasteiger partial charge is 0.0412 e. The van der Waals surface area contributed by atoms with Crippen molar-refractivity contribution in [2.45, 2.75) is 0 Å². The number of nitrogens with two attached hydrogens (primary N) is 1. The zero-order chi connectivity index (χ0) is 9.97. The molecule has 0 atom stereocenters. The fourth-order valence-corrected chi connectivity index (χ4v) is 1.52. The molecule has 0 heterocycles. The number of hydrogen-bond acceptors (Lipinski definition) is 1. The molecular formula is C12H9ClN. The van der Waals surface area contributed by atoms with Crippen LogP contribution in [0.15, 0.2) is 42.5 Å². The minimum absolute atomic E-state index is 0.641. The molecule has 0 fully saturated rings. The lowest BCUT2D eigenvalue weighted by Gasteiger charge is -2.02. The lowest BCUT2D eigenvalue weighted by Crippen LogP contribution is -1.85. The van der Waals surface area contributed by atoms with Crippen LogP contribution in [0.25, 0.3) is 11.1 Å². The minimum atomic E-state index is 0.641. The van der Waals surface area contributed by atoms with Gasteiger partial charge in [-0.2, -0.15) is 0 Å². The van der Waals surface area contributed by atoms with Gasteiger partial charge in [0, 0.05) is 16.8 Å². The Labute approximate surface area is 88.1 Å². The number of nitrogen functional groups attached to an aromatic ring is 1. The SMILES string of the molecule is Nc1[c]ccc(-c2cccc(Cl)c2)c1. The second kappa shape index (κ2) is 3.72. The van der Waals surface area contributed by atoms with Crippen molar-refractivity contribution in [2.75, 3.05) is 5.73 Å². The van der Waals surface area contributed by atoms with Crippen molar-refractivity contribution in [1.29, 1.82) is 0 Å². The number of anilines is 1. The summed E-state index contributed by atoms with van der Waals surface area (Å²) in [5.74, 6) is 0. The van der Waals surface area contributed by atoms with E-state index in [9.17, 15) is 0 Å². The average molecular weight is 203 g/mol. The molecule has 14 heavy (non-hydrogen) atoms. The highest BCUT2D eigenvalue weighted by Crippen LogP contribution is 2.23. The quantitative estimate of drug-likeness (QED) is 0.705. The monoisotopic (exact) mass is 202 g/mol. The first-order valence-electron chi connectivity index (χ1n) is 4.29. The maximum Gasteiger partial charge on any atom is 0.0412 e. The van der Waals surface area contributed by atoms with Gasteiger partial charge in [0.15, 0.2) is 0 Å². The average Bonchev–Trinajstić information content (AvgIpc) is 2.18. The molecule has 0 spiro atoms. The fourth-order valence-electron chi connectivity index (χ4n) is 1.33. The van der Waals surface area contributed by atoms with Crippen molar-refractivity contribution >= 4 is 17.3 Å². The second-order valence-electron chi connectivity index (χ2n) is 3.04. The summed E-state index contributed by atoms with van der Waals surface area (Å²) in [7, 11) is 0. The Kier molecular flexibility index (Phi) is 2.42. The van der Waals surface area contributed by atoms with Crippen molar-refractivity contribution in [3.8, 4) is 11.1 Å². The molecule has 0 saturated carbocycles. The molecule has 69 valence electrons. The first kappa shape index (κ1) is 9.10. The molecule has 0 bridgehead atoms. The van der Waals surface area contributed by atoms with E-state index < -0.39 is 0 Å². The predicted molar refractivity (Wildman–Crippen MR) is 60.1 cm³/mol. The lowest BCUT2D eigenvalue weighted by atomic mass is 10.1. The topological polar surface area (TPSA) is 26.0 Å². The molecular weight excluding hydrogens is 194 g/mol. The van der Waals surface area contributed by atoms with Crippen molar-refractivity contribution in [2.24, 2.45) is 0 Å². The second-order valence-corrected chi connectivity index (χ2v) is 3.48. The van der Waals surface area contributed by atoms with E-state index in [1.807, 2.05) is 42.5 Å². The van der Waals surface area contributed by atoms with E-state index in [0.717, 1.165) is 16.1 Å². The van der Waals surface area contributed by atoms with Crippen LogP contribution in [-0.4, -0.2) is 0 Å². The van der Waals surface area contributed by atoms with Crippen LogP contribution >= 0.6 is 11.6 Å². The highest BCUT2D eigenvalue weighted by Gasteiger charge is 1.98. The van der Waals surface area contributed by atoms with Crippen molar-refractivity contribution < 1.29 is 0 Å². The summed E-state index contributed by atoms with van der Waals surface area (Å²) >= 11 is 5.90. The number of rotatable bonds is 1. The van der Waals surface area contributed by atoms with E-state index in [0.29, 0.717) is 5.69 Å². The van der Waals surface area contributed by atoms with Gasteiger partial charge in [0.25, 0.3) is 0 Å². The van der Waals surface area contributed by atoms with Crippen molar-refractivity contribution in [3.63, 3.8) is 0 Å². The van der Waals surface area contributed by atoms with E-state index in [2.05, 4.69) is 6.07 Å². The first-order chi connectivity index (χ1) is 6.75. The Morgan fingerprint density at radius 1 is 1.07 bits per heavy atom. The number of hydrogen-bond donors (Lipinski definition) is 1. The van der Waals surface area contributed by atoms with Gasteiger partial charge in [-0.05, 0) is 29.3 Å². The van der Waals surface area contributed by atoms with Crippen LogP contribution in [-0.2, 0) is 0 Å². The highest BCUT2D eigenvalue weighted by atomic mass is 35.5. The van der Waals surface area contributed by atoms with Gasteiger partial charge in [0.05, 0.1) is 0 Å². The van der Waals surface area contributed by atoms with E-state index in [-0.39, 0.29) is 0 Å². The molecule has 2 aromatic carbocycles. The number of halogens is 1. The normalized spacial score (nSPS) is 10.1. The maximum absolute atomic E-state index is 5.90. The Balaban J connectivity index is 2.49. The van der Waals surface area contributed by atoms with E-state index in [1.54, 1.807) is 0 Å². The van der Waals surface area contributed by atoms with E-state index in [1.165, 1.54) is 0 Å². The van der Waals surface area contributed by atoms with E-state index in [4.69, 9.17) is 17.3 Å². The minimum Gasteiger partial charge on any atom is -0.398 e. The van der Waals surface area contributed by atoms with Crippen LogP contribution in [0.3, 0.4) is 0 Å². The molecule has 0 aromatic heterocycles. The van der Waals surface area contributed by atoms with Gasteiger partial charge >= 0.3 is 0 Å². The summed E-state index contributed by atoms with van der Waals surface area (Å²) in [5.41, 5.74) is 8.41. The molecule has 0 aliphatic heterocycles. The zero-order valence-electron chi connectivity index (χ0n) is 7.50. The standard InChI is InChI=1S/C12H9ClN/c13-11-5-1-3-9(7-11)10-4-2-6-12(14)8-10/h1-5,7-8H,14H2. The molecule has 1 nitrogen and oxygen atoms in total.